The van der Waals surface area contributed by atoms with Gasteiger partial charge in [-0.2, -0.15) is 11.8 Å². The summed E-state index contributed by atoms with van der Waals surface area (Å²) in [5.41, 5.74) is 1.33. The summed E-state index contributed by atoms with van der Waals surface area (Å²) in [7, 11) is 0. The molecule has 0 radical (unpaired) electrons. The first-order valence-corrected chi connectivity index (χ1v) is 8.11. The Balaban J connectivity index is 1.79. The number of carbonyl (C=O) groups is 1. The molecule has 0 saturated carbocycles. The summed E-state index contributed by atoms with van der Waals surface area (Å²) in [5, 5.41) is 0. The molecule has 1 amide bonds. The largest absolute Gasteiger partial charge is 0.375 e. The van der Waals surface area contributed by atoms with E-state index in [4.69, 9.17) is 4.74 Å². The highest BCUT2D eigenvalue weighted by Gasteiger charge is 2.23. The number of thioether (sulfide) groups is 1. The van der Waals surface area contributed by atoms with E-state index in [2.05, 4.69) is 24.3 Å². The maximum Gasteiger partial charge on any atom is 0.232 e. The number of hydrogen-bond acceptors (Lipinski definition) is 3. The summed E-state index contributed by atoms with van der Waals surface area (Å²) in [6.07, 6.45) is 4.13. The molecule has 1 aromatic carbocycles. The molecule has 0 aromatic heterocycles. The Morgan fingerprint density at radius 2 is 2.21 bits per heavy atom. The number of morpholine rings is 1. The topological polar surface area (TPSA) is 29.5 Å². The molecule has 1 aliphatic rings. The summed E-state index contributed by atoms with van der Waals surface area (Å²) in [5.74, 6) is 0.811. The summed E-state index contributed by atoms with van der Waals surface area (Å²) in [4.78, 5) is 13.8. The van der Waals surface area contributed by atoms with Gasteiger partial charge in [0, 0.05) is 13.1 Å². The molecule has 1 heterocycles. The van der Waals surface area contributed by atoms with Crippen LogP contribution in [-0.2, 0) is 16.0 Å². The Morgan fingerprint density at radius 1 is 1.42 bits per heavy atom. The van der Waals surface area contributed by atoms with Crippen molar-refractivity contribution < 1.29 is 9.53 Å². The molecule has 3 nitrogen and oxygen atoms in total. The van der Waals surface area contributed by atoms with E-state index in [1.807, 2.05) is 17.2 Å². The van der Waals surface area contributed by atoms with Gasteiger partial charge in [-0.25, -0.2) is 0 Å². The molecule has 1 atom stereocenters. The van der Waals surface area contributed by atoms with Crippen molar-refractivity contribution in [3.8, 4) is 0 Å². The fourth-order valence-corrected chi connectivity index (χ4v) is 2.74. The second-order valence-corrected chi connectivity index (χ2v) is 5.66. The van der Waals surface area contributed by atoms with E-state index < -0.39 is 0 Å². The minimum atomic E-state index is 0.180. The molecule has 104 valence electrons. The zero-order valence-corrected chi connectivity index (χ0v) is 12.2. The number of ether oxygens (including phenoxy) is 1. The molecule has 19 heavy (non-hydrogen) atoms. The fourth-order valence-electron chi connectivity index (χ4n) is 2.31. The van der Waals surface area contributed by atoms with Crippen molar-refractivity contribution in [3.63, 3.8) is 0 Å². The molecule has 1 saturated heterocycles. The van der Waals surface area contributed by atoms with Crippen molar-refractivity contribution in [3.05, 3.63) is 35.9 Å². The standard InChI is InChI=1S/C15H21NO2S/c1-19-12-15(17)16-9-10-18-14(11-16)8-7-13-5-3-2-4-6-13/h2-6,14H,7-12H2,1H3. The minimum Gasteiger partial charge on any atom is -0.375 e. The highest BCUT2D eigenvalue weighted by molar-refractivity contribution is 7.99. The third kappa shape index (κ3) is 4.55. The minimum absolute atomic E-state index is 0.180. The maximum absolute atomic E-state index is 11.9. The van der Waals surface area contributed by atoms with Crippen molar-refractivity contribution in [1.82, 2.24) is 4.90 Å². The summed E-state index contributed by atoms with van der Waals surface area (Å²) < 4.78 is 5.76. The van der Waals surface area contributed by atoms with Crippen molar-refractivity contribution in [2.75, 3.05) is 31.7 Å². The quantitative estimate of drug-likeness (QED) is 0.827. The molecule has 1 fully saturated rings. The monoisotopic (exact) mass is 279 g/mol. The first-order chi connectivity index (χ1) is 9.29. The van der Waals surface area contributed by atoms with E-state index in [-0.39, 0.29) is 12.0 Å². The van der Waals surface area contributed by atoms with E-state index in [0.717, 1.165) is 25.9 Å². The van der Waals surface area contributed by atoms with E-state index in [1.54, 1.807) is 11.8 Å². The van der Waals surface area contributed by atoms with Crippen molar-refractivity contribution in [2.45, 2.75) is 18.9 Å². The molecule has 0 N–H and O–H groups in total. The first kappa shape index (κ1) is 14.4. The van der Waals surface area contributed by atoms with Gasteiger partial charge in [-0.3, -0.25) is 4.79 Å². The predicted octanol–water partition coefficient (Wildman–Crippen LogP) is 2.21. The van der Waals surface area contributed by atoms with Crippen molar-refractivity contribution in [1.29, 1.82) is 0 Å². The van der Waals surface area contributed by atoms with E-state index in [0.29, 0.717) is 12.4 Å². The zero-order chi connectivity index (χ0) is 13.5. The van der Waals surface area contributed by atoms with E-state index in [1.165, 1.54) is 5.56 Å². The van der Waals surface area contributed by atoms with Crippen LogP contribution in [0.3, 0.4) is 0 Å². The van der Waals surface area contributed by atoms with Crippen LogP contribution < -0.4 is 0 Å². The van der Waals surface area contributed by atoms with Crippen LogP contribution in [0.1, 0.15) is 12.0 Å². The molecule has 1 aliphatic heterocycles. The lowest BCUT2D eigenvalue weighted by Gasteiger charge is -2.33. The highest BCUT2D eigenvalue weighted by atomic mass is 32.2. The normalized spacial score (nSPS) is 19.4. The number of aryl methyl sites for hydroxylation is 1. The Labute approximate surface area is 119 Å². The Bertz CT molecular complexity index is 396. The van der Waals surface area contributed by atoms with E-state index >= 15 is 0 Å². The molecule has 2 rings (SSSR count). The number of rotatable bonds is 5. The van der Waals surface area contributed by atoms with Crippen LogP contribution in [0.25, 0.3) is 0 Å². The van der Waals surface area contributed by atoms with E-state index in [9.17, 15) is 4.79 Å². The number of carbonyl (C=O) groups excluding carboxylic acids is 1. The SMILES string of the molecule is CSCC(=O)N1CCOC(CCc2ccccc2)C1. The van der Waals surface area contributed by atoms with Crippen LogP contribution >= 0.6 is 11.8 Å². The first-order valence-electron chi connectivity index (χ1n) is 6.72. The molecule has 0 aliphatic carbocycles. The van der Waals surface area contributed by atoms with Gasteiger partial charge in [-0.05, 0) is 24.7 Å². The number of hydrogen-bond donors (Lipinski definition) is 0. The van der Waals surface area contributed by atoms with Crippen LogP contribution in [0, 0.1) is 0 Å². The van der Waals surface area contributed by atoms with Gasteiger partial charge in [-0.15, -0.1) is 0 Å². The van der Waals surface area contributed by atoms with Crippen molar-refractivity contribution >= 4 is 17.7 Å². The second kappa shape index (κ2) is 7.56. The molecule has 1 aromatic rings. The van der Waals surface area contributed by atoms with Crippen LogP contribution in [0.4, 0.5) is 0 Å². The highest BCUT2D eigenvalue weighted by Crippen LogP contribution is 2.13. The van der Waals surface area contributed by atoms with Gasteiger partial charge in [0.15, 0.2) is 0 Å². The number of nitrogens with zero attached hydrogens (tertiary/aromatic N) is 1. The van der Waals surface area contributed by atoms with Crippen LogP contribution in [0.2, 0.25) is 0 Å². The van der Waals surface area contributed by atoms with Gasteiger partial charge in [0.2, 0.25) is 5.91 Å². The van der Waals surface area contributed by atoms with Gasteiger partial charge in [-0.1, -0.05) is 30.3 Å². The average molecular weight is 279 g/mol. The third-order valence-electron chi connectivity index (χ3n) is 3.36. The fraction of sp³-hybridized carbons (Fsp3) is 0.533. The molecule has 0 bridgehead atoms. The molecular weight excluding hydrogens is 258 g/mol. The third-order valence-corrected chi connectivity index (χ3v) is 3.89. The lowest BCUT2D eigenvalue weighted by Crippen LogP contribution is -2.46. The Hall–Kier alpha value is -1.00. The van der Waals surface area contributed by atoms with Gasteiger partial charge in [0.25, 0.3) is 0 Å². The summed E-state index contributed by atoms with van der Waals surface area (Å²) in [6.45, 7) is 2.15. The van der Waals surface area contributed by atoms with Gasteiger partial charge < -0.3 is 9.64 Å². The second-order valence-electron chi connectivity index (χ2n) is 4.79. The van der Waals surface area contributed by atoms with Gasteiger partial charge >= 0.3 is 0 Å². The molecule has 1 unspecified atom stereocenters. The summed E-state index contributed by atoms with van der Waals surface area (Å²) in [6, 6.07) is 10.4. The maximum atomic E-state index is 11.9. The van der Waals surface area contributed by atoms with Crippen molar-refractivity contribution in [2.24, 2.45) is 0 Å². The molecule has 0 spiro atoms. The number of amides is 1. The van der Waals surface area contributed by atoms with Crippen LogP contribution in [0.15, 0.2) is 30.3 Å². The average Bonchev–Trinajstić information content (AvgIpc) is 2.47. The van der Waals surface area contributed by atoms with Gasteiger partial charge in [0.1, 0.15) is 0 Å². The summed E-state index contributed by atoms with van der Waals surface area (Å²) >= 11 is 1.58. The Morgan fingerprint density at radius 3 is 2.95 bits per heavy atom. The lowest BCUT2D eigenvalue weighted by atomic mass is 10.1. The lowest BCUT2D eigenvalue weighted by molar-refractivity contribution is -0.136. The van der Waals surface area contributed by atoms with Crippen LogP contribution in [-0.4, -0.2) is 48.6 Å². The smallest absolute Gasteiger partial charge is 0.232 e. The van der Waals surface area contributed by atoms with Gasteiger partial charge in [0.05, 0.1) is 18.5 Å². The Kier molecular flexibility index (Phi) is 5.73. The van der Waals surface area contributed by atoms with Crippen LogP contribution in [0.5, 0.6) is 0 Å². The predicted molar refractivity (Wildman–Crippen MR) is 79.5 cm³/mol. The molecular formula is C15H21NO2S. The number of benzene rings is 1. The molecule has 4 heteroatoms. The zero-order valence-electron chi connectivity index (χ0n) is 11.4.